The van der Waals surface area contributed by atoms with Gasteiger partial charge in [-0.2, -0.15) is 0 Å². The fraction of sp³-hybridized carbons (Fsp3) is 0.625. The molecule has 0 bridgehead atoms. The minimum Gasteiger partial charge on any atom is -0.306 e. The number of nitrogens with zero attached hydrogens (tertiary/aromatic N) is 1. The summed E-state index contributed by atoms with van der Waals surface area (Å²) < 4.78 is 0. The van der Waals surface area contributed by atoms with Crippen molar-refractivity contribution < 1.29 is 0 Å². The first-order chi connectivity index (χ1) is 8.74. The summed E-state index contributed by atoms with van der Waals surface area (Å²) in [4.78, 5) is 2.43. The van der Waals surface area contributed by atoms with Crippen molar-refractivity contribution in [3.63, 3.8) is 0 Å². The van der Waals surface area contributed by atoms with E-state index in [0.717, 1.165) is 5.92 Å². The van der Waals surface area contributed by atoms with Gasteiger partial charge in [0.1, 0.15) is 0 Å². The zero-order valence-electron chi connectivity index (χ0n) is 11.5. The number of nitrogens with one attached hydrogen (secondary N) is 1. The molecule has 1 aromatic rings. The maximum atomic E-state index is 3.88. The van der Waals surface area contributed by atoms with E-state index in [-0.39, 0.29) is 0 Å². The first kappa shape index (κ1) is 12.2. The van der Waals surface area contributed by atoms with Gasteiger partial charge in [0.2, 0.25) is 0 Å². The van der Waals surface area contributed by atoms with Crippen molar-refractivity contribution in [3.05, 3.63) is 35.4 Å². The Balaban J connectivity index is 1.76. The number of likely N-dealkylation sites (tertiary alicyclic amines) is 1. The van der Waals surface area contributed by atoms with E-state index in [1.54, 1.807) is 11.1 Å². The van der Waals surface area contributed by atoms with Gasteiger partial charge in [-0.15, -0.1) is 0 Å². The van der Waals surface area contributed by atoms with Crippen LogP contribution in [0.15, 0.2) is 24.3 Å². The molecule has 1 heterocycles. The average Bonchev–Trinajstić information content (AvgIpc) is 2.79. The second kappa shape index (κ2) is 5.02. The summed E-state index contributed by atoms with van der Waals surface area (Å²) in [6.07, 6.45) is 3.90. The molecule has 0 radical (unpaired) electrons. The Hall–Kier alpha value is -0.860. The minimum absolute atomic E-state index is 0.578. The molecule has 98 valence electrons. The second-order valence-electron chi connectivity index (χ2n) is 6.07. The molecule has 2 nitrogen and oxygen atoms in total. The lowest BCUT2D eigenvalue weighted by Gasteiger charge is -2.32. The molecule has 1 N–H and O–H groups in total. The molecule has 3 unspecified atom stereocenters. The van der Waals surface area contributed by atoms with E-state index in [2.05, 4.69) is 48.5 Å². The van der Waals surface area contributed by atoms with Gasteiger partial charge < -0.3 is 10.2 Å². The first-order valence-electron chi connectivity index (χ1n) is 7.27. The zero-order chi connectivity index (χ0) is 12.5. The van der Waals surface area contributed by atoms with Gasteiger partial charge in [-0.3, -0.25) is 0 Å². The van der Waals surface area contributed by atoms with E-state index in [1.807, 2.05) is 0 Å². The maximum Gasteiger partial charge on any atom is 0.0326 e. The molecule has 0 saturated carbocycles. The molecule has 0 amide bonds. The second-order valence-corrected chi connectivity index (χ2v) is 6.07. The van der Waals surface area contributed by atoms with Gasteiger partial charge in [0.15, 0.2) is 0 Å². The van der Waals surface area contributed by atoms with Crippen molar-refractivity contribution in [1.29, 1.82) is 0 Å². The average molecular weight is 244 g/mol. The van der Waals surface area contributed by atoms with E-state index in [1.165, 1.54) is 32.4 Å². The van der Waals surface area contributed by atoms with E-state index < -0.39 is 0 Å². The van der Waals surface area contributed by atoms with Gasteiger partial charge in [0, 0.05) is 18.6 Å². The lowest BCUT2D eigenvalue weighted by Crippen LogP contribution is -2.36. The fourth-order valence-electron chi connectivity index (χ4n) is 3.53. The van der Waals surface area contributed by atoms with Crippen LogP contribution < -0.4 is 5.32 Å². The van der Waals surface area contributed by atoms with Gasteiger partial charge >= 0.3 is 0 Å². The Labute approximate surface area is 110 Å². The molecule has 0 spiro atoms. The molecule has 1 aliphatic heterocycles. The molecule has 1 fully saturated rings. The lowest BCUT2D eigenvalue weighted by molar-refractivity contribution is 0.359. The van der Waals surface area contributed by atoms with E-state index in [4.69, 9.17) is 0 Å². The Bertz CT molecular complexity index is 415. The number of hydrogen-bond donors (Lipinski definition) is 1. The third-order valence-corrected chi connectivity index (χ3v) is 4.62. The number of benzene rings is 1. The van der Waals surface area contributed by atoms with Crippen LogP contribution in [0, 0.1) is 0 Å². The first-order valence-corrected chi connectivity index (χ1v) is 7.27. The number of hydrogen-bond acceptors (Lipinski definition) is 2. The standard InChI is InChI=1S/C16H24N2/c1-12-7-8-16(15-6-4-3-5-14(12)15)17-13-9-10-18(2)11-13/h3-6,12-13,16-17H,7-11H2,1-2H3. The predicted octanol–water partition coefficient (Wildman–Crippen LogP) is 2.92. The molecule has 1 aliphatic carbocycles. The summed E-state index contributed by atoms with van der Waals surface area (Å²) in [7, 11) is 2.22. The van der Waals surface area contributed by atoms with Crippen LogP contribution in [0.4, 0.5) is 0 Å². The highest BCUT2D eigenvalue weighted by Gasteiger charge is 2.28. The van der Waals surface area contributed by atoms with Crippen LogP contribution in [-0.4, -0.2) is 31.1 Å². The van der Waals surface area contributed by atoms with Gasteiger partial charge in [0.05, 0.1) is 0 Å². The Morgan fingerprint density at radius 3 is 2.61 bits per heavy atom. The van der Waals surface area contributed by atoms with Gasteiger partial charge in [-0.1, -0.05) is 31.2 Å². The van der Waals surface area contributed by atoms with Crippen LogP contribution in [0.2, 0.25) is 0 Å². The van der Waals surface area contributed by atoms with E-state index >= 15 is 0 Å². The predicted molar refractivity (Wildman–Crippen MR) is 75.9 cm³/mol. The van der Waals surface area contributed by atoms with E-state index in [0.29, 0.717) is 12.1 Å². The summed E-state index contributed by atoms with van der Waals surface area (Å²) in [5, 5.41) is 3.88. The van der Waals surface area contributed by atoms with Crippen molar-refractivity contribution in [3.8, 4) is 0 Å². The third kappa shape index (κ3) is 2.32. The third-order valence-electron chi connectivity index (χ3n) is 4.62. The maximum absolute atomic E-state index is 3.88. The van der Waals surface area contributed by atoms with Gasteiger partial charge in [-0.05, 0) is 49.9 Å². The molecular formula is C16H24N2. The Kier molecular flexibility index (Phi) is 3.40. The zero-order valence-corrected chi connectivity index (χ0v) is 11.5. The Morgan fingerprint density at radius 1 is 1.11 bits per heavy atom. The highest BCUT2D eigenvalue weighted by molar-refractivity contribution is 5.35. The van der Waals surface area contributed by atoms with Crippen molar-refractivity contribution in [1.82, 2.24) is 10.2 Å². The van der Waals surface area contributed by atoms with Crippen LogP contribution in [0.5, 0.6) is 0 Å². The van der Waals surface area contributed by atoms with Crippen LogP contribution in [0.25, 0.3) is 0 Å². The van der Waals surface area contributed by atoms with Crippen LogP contribution in [0.3, 0.4) is 0 Å². The van der Waals surface area contributed by atoms with Crippen molar-refractivity contribution in [2.75, 3.05) is 20.1 Å². The van der Waals surface area contributed by atoms with Crippen molar-refractivity contribution >= 4 is 0 Å². The highest BCUT2D eigenvalue weighted by atomic mass is 15.2. The molecule has 0 aromatic heterocycles. The SMILES string of the molecule is CC1CCC(NC2CCN(C)C2)c2ccccc21. The number of rotatable bonds is 2. The van der Waals surface area contributed by atoms with Crippen LogP contribution >= 0.6 is 0 Å². The largest absolute Gasteiger partial charge is 0.306 e. The van der Waals surface area contributed by atoms with Crippen molar-refractivity contribution in [2.24, 2.45) is 0 Å². The normalized spacial score (nSPS) is 32.4. The van der Waals surface area contributed by atoms with Gasteiger partial charge in [-0.25, -0.2) is 0 Å². The molecule has 3 rings (SSSR count). The number of fused-ring (bicyclic) bond motifs is 1. The molecule has 3 atom stereocenters. The highest BCUT2D eigenvalue weighted by Crippen LogP contribution is 2.37. The topological polar surface area (TPSA) is 15.3 Å². The summed E-state index contributed by atoms with van der Waals surface area (Å²) in [5.41, 5.74) is 3.11. The van der Waals surface area contributed by atoms with Gasteiger partial charge in [0.25, 0.3) is 0 Å². The molecule has 2 heteroatoms. The van der Waals surface area contributed by atoms with Crippen molar-refractivity contribution in [2.45, 2.75) is 44.2 Å². The quantitative estimate of drug-likeness (QED) is 0.860. The molecule has 1 aromatic carbocycles. The monoisotopic (exact) mass is 244 g/mol. The van der Waals surface area contributed by atoms with Crippen LogP contribution in [0.1, 0.15) is 49.3 Å². The van der Waals surface area contributed by atoms with E-state index in [9.17, 15) is 0 Å². The number of likely N-dealkylation sites (N-methyl/N-ethyl adjacent to an activating group) is 1. The summed E-state index contributed by atoms with van der Waals surface area (Å²) in [6, 6.07) is 10.3. The molecular weight excluding hydrogens is 220 g/mol. The summed E-state index contributed by atoms with van der Waals surface area (Å²) >= 11 is 0. The molecule has 2 aliphatic rings. The Morgan fingerprint density at radius 2 is 1.89 bits per heavy atom. The molecule has 1 saturated heterocycles. The molecule has 18 heavy (non-hydrogen) atoms. The minimum atomic E-state index is 0.578. The fourth-order valence-corrected chi connectivity index (χ4v) is 3.53. The summed E-state index contributed by atoms with van der Waals surface area (Å²) in [6.45, 7) is 4.80. The summed E-state index contributed by atoms with van der Waals surface area (Å²) in [5.74, 6) is 0.727. The smallest absolute Gasteiger partial charge is 0.0326 e. The van der Waals surface area contributed by atoms with Crippen LogP contribution in [-0.2, 0) is 0 Å². The lowest BCUT2D eigenvalue weighted by atomic mass is 9.81.